The number of hydrogen-bond acceptors (Lipinski definition) is 4. The van der Waals surface area contributed by atoms with Crippen molar-refractivity contribution < 1.29 is 9.53 Å². The zero-order valence-electron chi connectivity index (χ0n) is 14.2. The Morgan fingerprint density at radius 2 is 2.24 bits per heavy atom. The van der Waals surface area contributed by atoms with Crippen LogP contribution in [0.4, 0.5) is 0 Å². The maximum absolute atomic E-state index is 12.0. The third-order valence-electron chi connectivity index (χ3n) is 4.68. The number of rotatable bonds is 8. The van der Waals surface area contributed by atoms with Crippen LogP contribution in [0.2, 0.25) is 0 Å². The van der Waals surface area contributed by atoms with Crippen LogP contribution in [-0.4, -0.2) is 55.7 Å². The van der Waals surface area contributed by atoms with Crippen LogP contribution in [0.25, 0.3) is 0 Å². The summed E-state index contributed by atoms with van der Waals surface area (Å²) in [5.74, 6) is 0.813. The lowest BCUT2D eigenvalue weighted by Gasteiger charge is -2.43. The SMILES string of the molecule is CCC1CCCN(C(C)(C)CNC(=O)CC(CN)OC)C1. The first-order valence-electron chi connectivity index (χ1n) is 8.17. The smallest absolute Gasteiger partial charge is 0.222 e. The van der Waals surface area contributed by atoms with Crippen LogP contribution >= 0.6 is 0 Å². The number of piperidine rings is 1. The number of ether oxygens (including phenoxy) is 1. The predicted molar refractivity (Wildman–Crippen MR) is 86.1 cm³/mol. The van der Waals surface area contributed by atoms with Gasteiger partial charge in [0.05, 0.1) is 12.5 Å². The summed E-state index contributed by atoms with van der Waals surface area (Å²) in [6.07, 6.45) is 3.98. The molecule has 0 radical (unpaired) electrons. The van der Waals surface area contributed by atoms with E-state index in [2.05, 4.69) is 31.0 Å². The molecule has 0 aliphatic carbocycles. The molecule has 0 spiro atoms. The Morgan fingerprint density at radius 1 is 1.52 bits per heavy atom. The van der Waals surface area contributed by atoms with Gasteiger partial charge in [0.15, 0.2) is 0 Å². The van der Waals surface area contributed by atoms with Gasteiger partial charge in [-0.15, -0.1) is 0 Å². The average molecular weight is 299 g/mol. The number of methoxy groups -OCH3 is 1. The average Bonchev–Trinajstić information content (AvgIpc) is 2.50. The third-order valence-corrected chi connectivity index (χ3v) is 4.68. The molecule has 2 atom stereocenters. The van der Waals surface area contributed by atoms with Crippen molar-refractivity contribution in [3.8, 4) is 0 Å². The van der Waals surface area contributed by atoms with E-state index in [1.54, 1.807) is 7.11 Å². The Labute approximate surface area is 129 Å². The molecule has 21 heavy (non-hydrogen) atoms. The van der Waals surface area contributed by atoms with E-state index in [-0.39, 0.29) is 17.6 Å². The molecule has 0 aromatic carbocycles. The maximum atomic E-state index is 12.0. The van der Waals surface area contributed by atoms with Gasteiger partial charge >= 0.3 is 0 Å². The molecule has 5 nitrogen and oxygen atoms in total. The van der Waals surface area contributed by atoms with Gasteiger partial charge in [-0.05, 0) is 39.2 Å². The van der Waals surface area contributed by atoms with E-state index in [1.807, 2.05) is 0 Å². The van der Waals surface area contributed by atoms with Gasteiger partial charge in [0, 0.05) is 32.3 Å². The lowest BCUT2D eigenvalue weighted by molar-refractivity contribution is -0.124. The minimum absolute atomic E-state index is 0.00518. The number of hydrogen-bond donors (Lipinski definition) is 2. The summed E-state index contributed by atoms with van der Waals surface area (Å²) >= 11 is 0. The van der Waals surface area contributed by atoms with Crippen molar-refractivity contribution in [2.75, 3.05) is 33.3 Å². The lowest BCUT2D eigenvalue weighted by atomic mass is 9.91. The van der Waals surface area contributed by atoms with E-state index in [0.717, 1.165) is 19.0 Å². The van der Waals surface area contributed by atoms with Gasteiger partial charge in [-0.2, -0.15) is 0 Å². The molecule has 1 rings (SSSR count). The number of nitrogens with zero attached hydrogens (tertiary/aromatic N) is 1. The van der Waals surface area contributed by atoms with Crippen molar-refractivity contribution >= 4 is 5.91 Å². The first kappa shape index (κ1) is 18.4. The van der Waals surface area contributed by atoms with Crippen LogP contribution in [0.5, 0.6) is 0 Å². The summed E-state index contributed by atoms with van der Waals surface area (Å²) in [6, 6.07) is 0. The minimum atomic E-state index is -0.187. The highest BCUT2D eigenvalue weighted by Gasteiger charge is 2.31. The van der Waals surface area contributed by atoms with E-state index in [0.29, 0.717) is 19.5 Å². The van der Waals surface area contributed by atoms with Gasteiger partial charge in [0.1, 0.15) is 0 Å². The first-order chi connectivity index (χ1) is 9.92. The molecule has 2 unspecified atom stereocenters. The zero-order valence-corrected chi connectivity index (χ0v) is 14.2. The van der Waals surface area contributed by atoms with Crippen LogP contribution in [0.15, 0.2) is 0 Å². The quantitative estimate of drug-likeness (QED) is 0.710. The third kappa shape index (κ3) is 5.93. The second-order valence-electron chi connectivity index (χ2n) is 6.75. The van der Waals surface area contributed by atoms with Gasteiger partial charge in [0.25, 0.3) is 0 Å². The highest BCUT2D eigenvalue weighted by molar-refractivity contribution is 5.76. The molecule has 0 bridgehead atoms. The van der Waals surface area contributed by atoms with Crippen molar-refractivity contribution in [2.24, 2.45) is 11.7 Å². The molecule has 3 N–H and O–H groups in total. The molecule has 0 aromatic rings. The number of nitrogens with two attached hydrogens (primary N) is 1. The second kappa shape index (κ2) is 8.71. The zero-order chi connectivity index (χ0) is 15.9. The molecule has 1 saturated heterocycles. The largest absolute Gasteiger partial charge is 0.380 e. The van der Waals surface area contributed by atoms with Crippen molar-refractivity contribution in [1.82, 2.24) is 10.2 Å². The molecule has 124 valence electrons. The Morgan fingerprint density at radius 3 is 2.81 bits per heavy atom. The van der Waals surface area contributed by atoms with Crippen LogP contribution in [-0.2, 0) is 9.53 Å². The van der Waals surface area contributed by atoms with E-state index in [1.165, 1.54) is 19.3 Å². The normalized spacial score (nSPS) is 22.0. The second-order valence-corrected chi connectivity index (χ2v) is 6.75. The number of amides is 1. The standard InChI is InChI=1S/C16H33N3O2/c1-5-13-7-6-8-19(11-13)16(2,3)12-18-15(20)9-14(10-17)21-4/h13-14H,5-12,17H2,1-4H3,(H,18,20). The van der Waals surface area contributed by atoms with E-state index >= 15 is 0 Å². The summed E-state index contributed by atoms with van der Waals surface area (Å²) in [7, 11) is 1.59. The van der Waals surface area contributed by atoms with Crippen molar-refractivity contribution in [2.45, 2.75) is 58.1 Å². The van der Waals surface area contributed by atoms with Gasteiger partial charge in [0.2, 0.25) is 5.91 Å². The van der Waals surface area contributed by atoms with Gasteiger partial charge in [-0.25, -0.2) is 0 Å². The molecule has 0 saturated carbocycles. The molecule has 1 aliphatic heterocycles. The summed E-state index contributed by atoms with van der Waals surface area (Å²) < 4.78 is 5.15. The number of nitrogens with one attached hydrogen (secondary N) is 1. The van der Waals surface area contributed by atoms with Gasteiger partial charge in [-0.1, -0.05) is 13.3 Å². The molecular weight excluding hydrogens is 266 g/mol. The molecule has 5 heteroatoms. The molecule has 1 amide bonds. The van der Waals surface area contributed by atoms with Crippen LogP contribution in [0.1, 0.15) is 46.5 Å². The fourth-order valence-electron chi connectivity index (χ4n) is 2.92. The highest BCUT2D eigenvalue weighted by Crippen LogP contribution is 2.25. The fourth-order valence-corrected chi connectivity index (χ4v) is 2.92. The molecule has 1 aliphatic rings. The van der Waals surface area contributed by atoms with Crippen LogP contribution < -0.4 is 11.1 Å². The summed E-state index contributed by atoms with van der Waals surface area (Å²) in [5, 5.41) is 3.04. The monoisotopic (exact) mass is 299 g/mol. The maximum Gasteiger partial charge on any atom is 0.222 e. The van der Waals surface area contributed by atoms with Crippen molar-refractivity contribution in [3.63, 3.8) is 0 Å². The Balaban J connectivity index is 2.42. The summed E-state index contributed by atoms with van der Waals surface area (Å²) in [5.41, 5.74) is 5.54. The fraction of sp³-hybridized carbons (Fsp3) is 0.938. The van der Waals surface area contributed by atoms with Crippen molar-refractivity contribution in [3.05, 3.63) is 0 Å². The van der Waals surface area contributed by atoms with Crippen molar-refractivity contribution in [1.29, 1.82) is 0 Å². The predicted octanol–water partition coefficient (Wildman–Crippen LogP) is 1.37. The van der Waals surface area contributed by atoms with Crippen LogP contribution in [0, 0.1) is 5.92 Å². The van der Waals surface area contributed by atoms with Gasteiger partial charge in [-0.3, -0.25) is 9.69 Å². The van der Waals surface area contributed by atoms with E-state index < -0.39 is 0 Å². The number of carbonyl (C=O) groups excluding carboxylic acids is 1. The molecule has 1 heterocycles. The number of carbonyl (C=O) groups is 1. The first-order valence-corrected chi connectivity index (χ1v) is 8.17. The summed E-state index contributed by atoms with van der Waals surface area (Å²) in [4.78, 5) is 14.5. The van der Waals surface area contributed by atoms with Gasteiger partial charge < -0.3 is 15.8 Å². The van der Waals surface area contributed by atoms with Crippen LogP contribution in [0.3, 0.4) is 0 Å². The number of likely N-dealkylation sites (tertiary alicyclic amines) is 1. The lowest BCUT2D eigenvalue weighted by Crippen LogP contribution is -2.55. The summed E-state index contributed by atoms with van der Waals surface area (Å²) in [6.45, 7) is 10.00. The Bertz CT molecular complexity index is 317. The molecular formula is C16H33N3O2. The topological polar surface area (TPSA) is 67.6 Å². The minimum Gasteiger partial charge on any atom is -0.380 e. The van der Waals surface area contributed by atoms with E-state index in [4.69, 9.17) is 10.5 Å². The Hall–Kier alpha value is -0.650. The van der Waals surface area contributed by atoms with E-state index in [9.17, 15) is 4.79 Å². The Kier molecular flexibility index (Phi) is 7.63. The highest BCUT2D eigenvalue weighted by atomic mass is 16.5. The molecule has 0 aromatic heterocycles. The molecule has 1 fully saturated rings.